The van der Waals surface area contributed by atoms with E-state index in [-0.39, 0.29) is 12.1 Å². The molecule has 0 unspecified atom stereocenters. The van der Waals surface area contributed by atoms with Crippen molar-refractivity contribution in [3.63, 3.8) is 0 Å². The van der Waals surface area contributed by atoms with Gasteiger partial charge in [-0.2, -0.15) is 13.2 Å². The molecule has 0 heterocycles. The van der Waals surface area contributed by atoms with Gasteiger partial charge in [0.2, 0.25) is 10.0 Å². The molecule has 1 rings (SSSR count). The van der Waals surface area contributed by atoms with Crippen LogP contribution in [0.15, 0.2) is 22.7 Å². The molecule has 0 spiro atoms. The minimum atomic E-state index is -4.38. The van der Waals surface area contributed by atoms with Crippen LogP contribution in [0.25, 0.3) is 0 Å². The van der Waals surface area contributed by atoms with E-state index in [1.807, 2.05) is 0 Å². The zero-order chi connectivity index (χ0) is 15.4. The van der Waals surface area contributed by atoms with Crippen LogP contribution in [0.1, 0.15) is 18.4 Å². The largest absolute Gasteiger partial charge is 0.389 e. The van der Waals surface area contributed by atoms with E-state index in [1.54, 1.807) is 0 Å². The van der Waals surface area contributed by atoms with Gasteiger partial charge in [0.15, 0.2) is 0 Å². The number of hydrogen-bond donors (Lipinski definition) is 1. The number of sulfonamides is 1. The molecule has 3 nitrogen and oxygen atoms in total. The van der Waals surface area contributed by atoms with Crippen LogP contribution in [0.4, 0.5) is 17.6 Å². The Labute approximate surface area is 122 Å². The minimum Gasteiger partial charge on any atom is -0.212 e. The first kappa shape index (κ1) is 17.4. The van der Waals surface area contributed by atoms with Gasteiger partial charge in [0, 0.05) is 23.0 Å². The van der Waals surface area contributed by atoms with E-state index in [0.29, 0.717) is 4.47 Å². The lowest BCUT2D eigenvalue weighted by atomic mass is 10.2. The molecule has 0 aliphatic carbocycles. The molecular weight excluding hydrogens is 366 g/mol. The van der Waals surface area contributed by atoms with Gasteiger partial charge in [-0.25, -0.2) is 17.5 Å². The normalized spacial score (nSPS) is 12.7. The fourth-order valence-corrected chi connectivity index (χ4v) is 2.85. The highest BCUT2D eigenvalue weighted by Crippen LogP contribution is 2.21. The summed E-state index contributed by atoms with van der Waals surface area (Å²) in [6.07, 6.45) is -6.08. The number of alkyl halides is 3. The maximum absolute atomic E-state index is 13.3. The van der Waals surface area contributed by atoms with Crippen molar-refractivity contribution in [2.75, 3.05) is 5.75 Å². The Morgan fingerprint density at radius 3 is 2.50 bits per heavy atom. The highest BCUT2D eigenvalue weighted by Gasteiger charge is 2.27. The third-order valence-corrected chi connectivity index (χ3v) is 4.27. The van der Waals surface area contributed by atoms with Crippen LogP contribution >= 0.6 is 15.9 Å². The average Bonchev–Trinajstić information content (AvgIpc) is 2.28. The van der Waals surface area contributed by atoms with Crippen LogP contribution in [0.2, 0.25) is 0 Å². The molecule has 1 N–H and O–H groups in total. The second-order valence-electron chi connectivity index (χ2n) is 4.09. The Morgan fingerprint density at radius 1 is 1.25 bits per heavy atom. The van der Waals surface area contributed by atoms with Crippen molar-refractivity contribution in [2.24, 2.45) is 0 Å². The van der Waals surface area contributed by atoms with Crippen molar-refractivity contribution in [2.45, 2.75) is 25.6 Å². The maximum atomic E-state index is 13.3. The molecule has 0 bridgehead atoms. The van der Waals surface area contributed by atoms with Gasteiger partial charge >= 0.3 is 6.18 Å². The molecule has 1 aromatic rings. The molecular formula is C11H12BrF4NO2S. The third-order valence-electron chi connectivity index (χ3n) is 2.36. The Hall–Kier alpha value is -0.670. The summed E-state index contributed by atoms with van der Waals surface area (Å²) in [5.41, 5.74) is 0.110. The first-order chi connectivity index (χ1) is 9.09. The standard InChI is InChI=1S/C11H12BrF4NO2S/c12-9-2-3-10(13)8(6-9)7-17-20(18,19)5-1-4-11(14,15)16/h2-3,6,17H,1,4-5,7H2. The van der Waals surface area contributed by atoms with Gasteiger partial charge in [-0.3, -0.25) is 0 Å². The molecule has 0 radical (unpaired) electrons. The summed E-state index contributed by atoms with van der Waals surface area (Å²) < 4.78 is 74.7. The summed E-state index contributed by atoms with van der Waals surface area (Å²) in [6, 6.07) is 4.02. The van der Waals surface area contributed by atoms with Crippen molar-refractivity contribution < 1.29 is 26.0 Å². The van der Waals surface area contributed by atoms with Gasteiger partial charge in [-0.1, -0.05) is 15.9 Å². The highest BCUT2D eigenvalue weighted by atomic mass is 79.9. The Bertz CT molecular complexity index is 560. The Kier molecular flexibility index (Phi) is 5.96. The predicted octanol–water partition coefficient (Wildman–Crippen LogP) is 3.35. The summed E-state index contributed by atoms with van der Waals surface area (Å²) in [6.45, 7) is -0.306. The molecule has 1 aromatic carbocycles. The van der Waals surface area contributed by atoms with Gasteiger partial charge in [0.25, 0.3) is 0 Å². The zero-order valence-corrected chi connectivity index (χ0v) is 12.6. The van der Waals surface area contributed by atoms with Crippen molar-refractivity contribution in [1.82, 2.24) is 4.72 Å². The van der Waals surface area contributed by atoms with Gasteiger partial charge in [0.05, 0.1) is 5.75 Å². The van der Waals surface area contributed by atoms with Gasteiger partial charge in [-0.05, 0) is 24.6 Å². The van der Waals surface area contributed by atoms with E-state index < -0.39 is 40.6 Å². The van der Waals surface area contributed by atoms with Crippen LogP contribution < -0.4 is 4.72 Å². The molecule has 20 heavy (non-hydrogen) atoms. The van der Waals surface area contributed by atoms with E-state index in [0.717, 1.165) is 6.07 Å². The minimum absolute atomic E-state index is 0.110. The van der Waals surface area contributed by atoms with Crippen LogP contribution in [0, 0.1) is 5.82 Å². The van der Waals surface area contributed by atoms with E-state index in [1.165, 1.54) is 12.1 Å². The first-order valence-electron chi connectivity index (χ1n) is 5.57. The fraction of sp³-hybridized carbons (Fsp3) is 0.455. The second-order valence-corrected chi connectivity index (χ2v) is 6.94. The molecule has 0 saturated heterocycles. The Balaban J connectivity index is 2.53. The molecule has 0 aromatic heterocycles. The number of nitrogens with one attached hydrogen (secondary N) is 1. The summed E-state index contributed by atoms with van der Waals surface area (Å²) in [7, 11) is -3.86. The van der Waals surface area contributed by atoms with Gasteiger partial charge in [0.1, 0.15) is 5.82 Å². The zero-order valence-electron chi connectivity index (χ0n) is 10.2. The number of benzene rings is 1. The summed E-state index contributed by atoms with van der Waals surface area (Å²) in [5, 5.41) is 0. The van der Waals surface area contributed by atoms with Crippen molar-refractivity contribution in [3.8, 4) is 0 Å². The van der Waals surface area contributed by atoms with Crippen LogP contribution in [0.5, 0.6) is 0 Å². The molecule has 0 aliphatic rings. The maximum Gasteiger partial charge on any atom is 0.389 e. The third kappa shape index (κ3) is 6.67. The van der Waals surface area contributed by atoms with Crippen LogP contribution in [-0.4, -0.2) is 20.3 Å². The highest BCUT2D eigenvalue weighted by molar-refractivity contribution is 9.10. The molecule has 0 atom stereocenters. The summed E-state index contributed by atoms with van der Waals surface area (Å²) >= 11 is 3.11. The number of rotatable bonds is 6. The van der Waals surface area contributed by atoms with E-state index in [9.17, 15) is 26.0 Å². The van der Waals surface area contributed by atoms with Crippen LogP contribution in [0.3, 0.4) is 0 Å². The molecule has 0 amide bonds. The lowest BCUT2D eigenvalue weighted by Crippen LogP contribution is -2.27. The summed E-state index contributed by atoms with van der Waals surface area (Å²) in [5.74, 6) is -1.24. The molecule has 9 heteroatoms. The quantitative estimate of drug-likeness (QED) is 0.772. The van der Waals surface area contributed by atoms with Gasteiger partial charge < -0.3 is 0 Å². The number of hydrogen-bond acceptors (Lipinski definition) is 2. The van der Waals surface area contributed by atoms with E-state index in [4.69, 9.17) is 0 Å². The lowest BCUT2D eigenvalue weighted by Gasteiger charge is -2.09. The lowest BCUT2D eigenvalue weighted by molar-refractivity contribution is -0.134. The molecule has 0 aliphatic heterocycles. The second kappa shape index (κ2) is 6.86. The van der Waals surface area contributed by atoms with Crippen LogP contribution in [-0.2, 0) is 16.6 Å². The average molecular weight is 378 g/mol. The monoisotopic (exact) mass is 377 g/mol. The van der Waals surface area contributed by atoms with Crippen molar-refractivity contribution in [3.05, 3.63) is 34.1 Å². The molecule has 0 fully saturated rings. The van der Waals surface area contributed by atoms with E-state index >= 15 is 0 Å². The Morgan fingerprint density at radius 2 is 1.90 bits per heavy atom. The van der Waals surface area contributed by atoms with Gasteiger partial charge in [-0.15, -0.1) is 0 Å². The van der Waals surface area contributed by atoms with Crippen molar-refractivity contribution in [1.29, 1.82) is 0 Å². The predicted molar refractivity (Wildman–Crippen MR) is 70.0 cm³/mol. The first-order valence-corrected chi connectivity index (χ1v) is 8.02. The SMILES string of the molecule is O=S(=O)(CCCC(F)(F)F)NCc1cc(Br)ccc1F. The topological polar surface area (TPSA) is 46.2 Å². The smallest absolute Gasteiger partial charge is 0.212 e. The number of halogens is 5. The molecule has 0 saturated carbocycles. The van der Waals surface area contributed by atoms with E-state index in [2.05, 4.69) is 20.7 Å². The summed E-state index contributed by atoms with van der Waals surface area (Å²) in [4.78, 5) is 0. The fourth-order valence-electron chi connectivity index (χ4n) is 1.40. The molecule has 114 valence electrons. The van der Waals surface area contributed by atoms with Crippen molar-refractivity contribution >= 4 is 26.0 Å².